The Balaban J connectivity index is 1.85. The van der Waals surface area contributed by atoms with Crippen LogP contribution in [0.2, 0.25) is 0 Å². The molecule has 90 valence electrons. The molecule has 6 heteroatoms. The van der Waals surface area contributed by atoms with E-state index >= 15 is 0 Å². The normalized spacial score (nSPS) is 10.6. The van der Waals surface area contributed by atoms with Crippen LogP contribution in [0.4, 0.5) is 5.00 Å². The van der Waals surface area contributed by atoms with Gasteiger partial charge in [-0.05, 0) is 23.7 Å². The third kappa shape index (κ3) is 3.15. The van der Waals surface area contributed by atoms with Gasteiger partial charge in [0.1, 0.15) is 11.6 Å². The number of nitrogens with zero attached hydrogens (tertiary/aromatic N) is 1. The van der Waals surface area contributed by atoms with Gasteiger partial charge in [-0.25, -0.2) is 0 Å². The molecular formula is C11H13N3O2S. The summed E-state index contributed by atoms with van der Waals surface area (Å²) in [6.45, 7) is 1.03. The van der Waals surface area contributed by atoms with Crippen molar-refractivity contribution in [2.24, 2.45) is 5.73 Å². The van der Waals surface area contributed by atoms with Gasteiger partial charge < -0.3 is 15.8 Å². The number of primary amides is 1. The quantitative estimate of drug-likeness (QED) is 0.756. The monoisotopic (exact) mass is 251 g/mol. The van der Waals surface area contributed by atoms with Gasteiger partial charge in [-0.1, -0.05) is 12.1 Å². The largest absolute Gasteiger partial charge is 0.373 e. The standard InChI is InChI=1S/C11H13N3O2S/c12-10(15)7-16-6-5-13-11-8-3-1-2-4-9(8)14-17-11/h1-4,13H,5-7H2,(H2,12,15). The van der Waals surface area contributed by atoms with Crippen LogP contribution >= 0.6 is 11.5 Å². The van der Waals surface area contributed by atoms with Gasteiger partial charge in [0.2, 0.25) is 5.91 Å². The highest BCUT2D eigenvalue weighted by Gasteiger charge is 2.03. The first kappa shape index (κ1) is 11.8. The fourth-order valence-electron chi connectivity index (χ4n) is 1.43. The van der Waals surface area contributed by atoms with Crippen molar-refractivity contribution in [1.82, 2.24) is 4.37 Å². The molecule has 0 unspecified atom stereocenters. The van der Waals surface area contributed by atoms with Crippen LogP contribution in [0.15, 0.2) is 24.3 Å². The van der Waals surface area contributed by atoms with Gasteiger partial charge in [0, 0.05) is 11.9 Å². The zero-order chi connectivity index (χ0) is 12.1. The van der Waals surface area contributed by atoms with Crippen LogP contribution in [0.1, 0.15) is 0 Å². The number of nitrogens with one attached hydrogen (secondary N) is 1. The van der Waals surface area contributed by atoms with Crippen molar-refractivity contribution in [3.63, 3.8) is 0 Å². The van der Waals surface area contributed by atoms with Crippen molar-refractivity contribution in [1.29, 1.82) is 0 Å². The van der Waals surface area contributed by atoms with Crippen LogP contribution in [0.3, 0.4) is 0 Å². The maximum Gasteiger partial charge on any atom is 0.243 e. The lowest BCUT2D eigenvalue weighted by Crippen LogP contribution is -2.20. The number of anilines is 1. The van der Waals surface area contributed by atoms with Crippen molar-refractivity contribution in [2.45, 2.75) is 0 Å². The van der Waals surface area contributed by atoms with Gasteiger partial charge >= 0.3 is 0 Å². The number of hydrogen-bond donors (Lipinski definition) is 2. The van der Waals surface area contributed by atoms with Crippen LogP contribution in [-0.2, 0) is 9.53 Å². The number of carbonyl (C=O) groups excluding carboxylic acids is 1. The first-order valence-corrected chi connectivity index (χ1v) is 5.99. The maximum atomic E-state index is 10.4. The van der Waals surface area contributed by atoms with Gasteiger partial charge in [-0.2, -0.15) is 4.37 Å². The van der Waals surface area contributed by atoms with Gasteiger partial charge in [0.25, 0.3) is 0 Å². The van der Waals surface area contributed by atoms with E-state index in [1.54, 1.807) is 0 Å². The molecule has 1 aromatic carbocycles. The summed E-state index contributed by atoms with van der Waals surface area (Å²) < 4.78 is 9.36. The van der Waals surface area contributed by atoms with E-state index in [4.69, 9.17) is 10.5 Å². The highest BCUT2D eigenvalue weighted by atomic mass is 32.1. The van der Waals surface area contributed by atoms with Crippen LogP contribution in [-0.4, -0.2) is 30.0 Å². The molecule has 0 aliphatic heterocycles. The Kier molecular flexibility index (Phi) is 3.89. The minimum atomic E-state index is -0.451. The van der Waals surface area contributed by atoms with Crippen molar-refractivity contribution in [3.05, 3.63) is 24.3 Å². The Morgan fingerprint density at radius 1 is 1.47 bits per heavy atom. The lowest BCUT2D eigenvalue weighted by Gasteiger charge is -2.03. The van der Waals surface area contributed by atoms with Crippen LogP contribution < -0.4 is 11.1 Å². The number of rotatable bonds is 6. The fraction of sp³-hybridized carbons (Fsp3) is 0.273. The predicted octanol–water partition coefficient (Wildman–Crippen LogP) is 1.21. The number of fused-ring (bicyclic) bond motifs is 1. The molecule has 0 radical (unpaired) electrons. The molecule has 0 saturated heterocycles. The molecule has 1 heterocycles. The molecule has 5 nitrogen and oxygen atoms in total. The number of ether oxygens (including phenoxy) is 1. The Hall–Kier alpha value is -1.66. The molecule has 3 N–H and O–H groups in total. The predicted molar refractivity (Wildman–Crippen MR) is 68.1 cm³/mol. The van der Waals surface area contributed by atoms with Gasteiger partial charge in [-0.15, -0.1) is 0 Å². The number of amides is 1. The highest BCUT2D eigenvalue weighted by Crippen LogP contribution is 2.26. The van der Waals surface area contributed by atoms with Crippen LogP contribution in [0.5, 0.6) is 0 Å². The minimum Gasteiger partial charge on any atom is -0.373 e. The Bertz CT molecular complexity index is 512. The number of carbonyl (C=O) groups is 1. The van der Waals surface area contributed by atoms with E-state index in [0.29, 0.717) is 13.2 Å². The fourth-order valence-corrected chi connectivity index (χ4v) is 2.21. The van der Waals surface area contributed by atoms with E-state index in [0.717, 1.165) is 15.9 Å². The molecule has 2 aromatic rings. The third-order valence-corrected chi connectivity index (χ3v) is 3.00. The third-order valence-electron chi connectivity index (χ3n) is 2.16. The van der Waals surface area contributed by atoms with Gasteiger partial charge in [-0.3, -0.25) is 4.79 Å². The molecule has 1 amide bonds. The molecule has 17 heavy (non-hydrogen) atoms. The first-order chi connectivity index (χ1) is 8.27. The summed E-state index contributed by atoms with van der Waals surface area (Å²) in [5.74, 6) is -0.451. The van der Waals surface area contributed by atoms with Crippen molar-refractivity contribution in [3.8, 4) is 0 Å². The lowest BCUT2D eigenvalue weighted by molar-refractivity contribution is -0.122. The summed E-state index contributed by atoms with van der Waals surface area (Å²) in [7, 11) is 0. The molecule has 0 atom stereocenters. The summed E-state index contributed by atoms with van der Waals surface area (Å²) in [4.78, 5) is 10.4. The molecule has 1 aromatic heterocycles. The zero-order valence-corrected chi connectivity index (χ0v) is 10.00. The summed E-state index contributed by atoms with van der Waals surface area (Å²) in [6.07, 6.45) is 0. The summed E-state index contributed by atoms with van der Waals surface area (Å²) >= 11 is 1.42. The minimum absolute atomic E-state index is 0.0366. The molecular weight excluding hydrogens is 238 g/mol. The average molecular weight is 251 g/mol. The molecule has 2 rings (SSSR count). The Morgan fingerprint density at radius 2 is 2.29 bits per heavy atom. The van der Waals surface area contributed by atoms with Crippen LogP contribution in [0.25, 0.3) is 10.9 Å². The van der Waals surface area contributed by atoms with Gasteiger partial charge in [0.15, 0.2) is 0 Å². The summed E-state index contributed by atoms with van der Waals surface area (Å²) in [5.41, 5.74) is 5.94. The number of aromatic nitrogens is 1. The van der Waals surface area contributed by atoms with Crippen LogP contribution in [0, 0.1) is 0 Å². The lowest BCUT2D eigenvalue weighted by atomic mass is 10.2. The molecule has 0 aliphatic carbocycles. The van der Waals surface area contributed by atoms with E-state index in [9.17, 15) is 4.79 Å². The van der Waals surface area contributed by atoms with E-state index < -0.39 is 5.91 Å². The number of nitrogens with two attached hydrogens (primary N) is 1. The summed E-state index contributed by atoms with van der Waals surface area (Å²) in [6, 6.07) is 7.93. The van der Waals surface area contributed by atoms with Crippen molar-refractivity contribution >= 4 is 33.3 Å². The smallest absolute Gasteiger partial charge is 0.243 e. The van der Waals surface area contributed by atoms with Crippen molar-refractivity contribution in [2.75, 3.05) is 25.1 Å². The zero-order valence-electron chi connectivity index (χ0n) is 9.18. The van der Waals surface area contributed by atoms with Crippen molar-refractivity contribution < 1.29 is 9.53 Å². The molecule has 0 fully saturated rings. The average Bonchev–Trinajstić information content (AvgIpc) is 2.72. The second-order valence-corrected chi connectivity index (χ2v) is 4.25. The second kappa shape index (κ2) is 5.60. The second-order valence-electron chi connectivity index (χ2n) is 3.47. The Labute approximate surface area is 103 Å². The molecule has 0 spiro atoms. The SMILES string of the molecule is NC(=O)COCCNc1snc2ccccc12. The number of benzene rings is 1. The number of hydrogen-bond acceptors (Lipinski definition) is 5. The maximum absolute atomic E-state index is 10.4. The van der Waals surface area contributed by atoms with Gasteiger partial charge in [0.05, 0.1) is 12.1 Å². The Morgan fingerprint density at radius 3 is 3.12 bits per heavy atom. The van der Waals surface area contributed by atoms with E-state index in [1.807, 2.05) is 24.3 Å². The topological polar surface area (TPSA) is 77.2 Å². The van der Waals surface area contributed by atoms with E-state index in [1.165, 1.54) is 11.5 Å². The van der Waals surface area contributed by atoms with E-state index in [-0.39, 0.29) is 6.61 Å². The summed E-state index contributed by atoms with van der Waals surface area (Å²) in [5, 5.41) is 5.34. The molecule has 0 aliphatic rings. The van der Waals surface area contributed by atoms with E-state index in [2.05, 4.69) is 9.69 Å². The molecule has 0 saturated carbocycles. The molecule has 0 bridgehead atoms. The first-order valence-electron chi connectivity index (χ1n) is 5.21. The highest BCUT2D eigenvalue weighted by molar-refractivity contribution is 7.11.